The number of carbonyl (C=O) groups excluding carboxylic acids is 1. The Kier molecular flexibility index (Phi) is 9.23. The van der Waals surface area contributed by atoms with Crippen molar-refractivity contribution in [3.05, 3.63) is 211 Å². The first-order chi connectivity index (χ1) is 32.1. The number of fused-ring (bicyclic) bond motifs is 11. The molecule has 0 fully saturated rings. The summed E-state index contributed by atoms with van der Waals surface area (Å²) in [7, 11) is 0. The molecule has 0 saturated heterocycles. The van der Waals surface area contributed by atoms with E-state index >= 15 is 0 Å². The lowest BCUT2D eigenvalue weighted by Gasteiger charge is -2.10. The molecule has 2 N–H and O–H groups in total. The van der Waals surface area contributed by atoms with E-state index in [2.05, 4.69) is 143 Å². The van der Waals surface area contributed by atoms with E-state index in [1.807, 2.05) is 83.4 Å². The van der Waals surface area contributed by atoms with Gasteiger partial charge in [-0.25, -0.2) is 14.8 Å². The van der Waals surface area contributed by atoms with Gasteiger partial charge in [0, 0.05) is 66.1 Å². The van der Waals surface area contributed by atoms with Crippen LogP contribution in [-0.2, 0) is 11.3 Å². The van der Waals surface area contributed by atoms with Crippen LogP contribution in [0.4, 0.5) is 0 Å². The zero-order valence-electron chi connectivity index (χ0n) is 35.1. The van der Waals surface area contributed by atoms with Gasteiger partial charge in [0.25, 0.3) is 0 Å². The van der Waals surface area contributed by atoms with Gasteiger partial charge in [0.1, 0.15) is 12.3 Å². The molecule has 12 rings (SSSR count). The van der Waals surface area contributed by atoms with Crippen molar-refractivity contribution in [1.82, 2.24) is 24.5 Å². The molecule has 0 unspecified atom stereocenters. The van der Waals surface area contributed by atoms with E-state index in [4.69, 9.17) is 14.7 Å². The van der Waals surface area contributed by atoms with E-state index in [1.165, 1.54) is 0 Å². The summed E-state index contributed by atoms with van der Waals surface area (Å²) in [4.78, 5) is 32.1. The highest BCUT2D eigenvalue weighted by Crippen LogP contribution is 2.39. The molecule has 0 spiro atoms. The summed E-state index contributed by atoms with van der Waals surface area (Å²) in [5, 5.41) is 2.21. The Balaban J connectivity index is 1.04. The van der Waals surface area contributed by atoms with E-state index in [-0.39, 0.29) is 12.5 Å². The minimum absolute atomic E-state index is 0.0761. The minimum Gasteiger partial charge on any atom is -0.425 e. The van der Waals surface area contributed by atoms with E-state index in [0.717, 1.165) is 111 Å². The molecule has 0 amide bonds. The summed E-state index contributed by atoms with van der Waals surface area (Å²) < 4.78 is 8.05. The van der Waals surface area contributed by atoms with Crippen LogP contribution in [-0.4, -0.2) is 30.5 Å². The predicted molar refractivity (Wildman–Crippen MR) is 266 cm³/mol. The Morgan fingerprint density at radius 3 is 1.12 bits per heavy atom. The van der Waals surface area contributed by atoms with E-state index in [1.54, 1.807) is 0 Å². The zero-order valence-corrected chi connectivity index (χ0v) is 35.1. The SMILES string of the molecule is O=C(Cn1c2ccccc2c2ccccc21)Oc1ccc(-c2c3nc(c(-c4ccccc4)c4ccc([nH]4)c(-c4ccccc4)c4nc(c(-c5ccccc5)c5ccc2[nH]5)C=C4)C=C3)cc1. The number of para-hydroxylation sites is 2. The fraction of sp³-hybridized carbons (Fsp3) is 0.0172. The first-order valence-electron chi connectivity index (χ1n) is 21.7. The number of nitrogens with one attached hydrogen (secondary N) is 2. The van der Waals surface area contributed by atoms with Crippen molar-refractivity contribution in [1.29, 1.82) is 0 Å². The average Bonchev–Trinajstić information content (AvgIpc) is 4.23. The van der Waals surface area contributed by atoms with E-state index in [0.29, 0.717) is 5.75 Å². The van der Waals surface area contributed by atoms with Crippen LogP contribution in [0.1, 0.15) is 22.8 Å². The van der Waals surface area contributed by atoms with Crippen LogP contribution in [0.2, 0.25) is 0 Å². The van der Waals surface area contributed by atoms with Gasteiger partial charge < -0.3 is 19.3 Å². The molecular formula is C58H39N5O2. The summed E-state index contributed by atoms with van der Waals surface area (Å²) >= 11 is 0. The fourth-order valence-electron chi connectivity index (χ4n) is 9.39. The summed E-state index contributed by atoms with van der Waals surface area (Å²) in [6, 6.07) is 63.8. The van der Waals surface area contributed by atoms with Gasteiger partial charge in [0.05, 0.1) is 22.8 Å². The highest BCUT2D eigenvalue weighted by atomic mass is 16.5. The molecule has 2 aliphatic heterocycles. The Labute approximate surface area is 374 Å². The topological polar surface area (TPSA) is 88.6 Å². The number of benzene rings is 6. The molecule has 0 atom stereocenters. The molecule has 7 nitrogen and oxygen atoms in total. The third kappa shape index (κ3) is 6.83. The highest BCUT2D eigenvalue weighted by Gasteiger charge is 2.20. The average molecular weight is 838 g/mol. The molecule has 6 aromatic carbocycles. The maximum atomic E-state index is 13.6. The Morgan fingerprint density at radius 2 is 0.738 bits per heavy atom. The van der Waals surface area contributed by atoms with Crippen LogP contribution in [0.5, 0.6) is 5.75 Å². The van der Waals surface area contributed by atoms with Crippen LogP contribution in [0, 0.1) is 0 Å². The van der Waals surface area contributed by atoms with Gasteiger partial charge in [-0.05, 0) is 95.1 Å². The number of hydrogen-bond donors (Lipinski definition) is 2. The Bertz CT molecular complexity index is 3620. The van der Waals surface area contributed by atoms with Crippen molar-refractivity contribution in [2.75, 3.05) is 0 Å². The molecule has 308 valence electrons. The summed E-state index contributed by atoms with van der Waals surface area (Å²) in [5.41, 5.74) is 17.0. The van der Waals surface area contributed by atoms with Gasteiger partial charge in [-0.2, -0.15) is 0 Å². The lowest BCUT2D eigenvalue weighted by atomic mass is 10.0. The second-order valence-corrected chi connectivity index (χ2v) is 16.2. The quantitative estimate of drug-likeness (QED) is 0.124. The van der Waals surface area contributed by atoms with Crippen molar-refractivity contribution >= 4 is 74.1 Å². The van der Waals surface area contributed by atoms with Crippen LogP contribution < -0.4 is 4.74 Å². The molecule has 0 saturated carbocycles. The van der Waals surface area contributed by atoms with Gasteiger partial charge in [-0.15, -0.1) is 0 Å². The molecular weight excluding hydrogens is 799 g/mol. The zero-order chi connectivity index (χ0) is 43.3. The minimum atomic E-state index is -0.351. The molecule has 4 aromatic heterocycles. The summed E-state index contributed by atoms with van der Waals surface area (Å²) in [6.45, 7) is 0.0761. The molecule has 2 aliphatic rings. The van der Waals surface area contributed by atoms with Crippen LogP contribution in [0.25, 0.3) is 113 Å². The third-order valence-electron chi connectivity index (χ3n) is 12.3. The van der Waals surface area contributed by atoms with Gasteiger partial charge in [-0.3, -0.25) is 0 Å². The highest BCUT2D eigenvalue weighted by molar-refractivity contribution is 6.08. The van der Waals surface area contributed by atoms with E-state index < -0.39 is 0 Å². The maximum absolute atomic E-state index is 13.6. The number of carbonyl (C=O) groups is 1. The second-order valence-electron chi connectivity index (χ2n) is 16.2. The van der Waals surface area contributed by atoms with Gasteiger partial charge in [0.15, 0.2) is 0 Å². The first-order valence-corrected chi connectivity index (χ1v) is 21.7. The number of ether oxygens (including phenoxy) is 1. The molecule has 6 heterocycles. The standard InChI is InChI=1S/C58H39N5O2/c64-54(36-63-52-22-12-10-20-42(52)43-21-11-13-23-53(43)63)65-41-26-24-40(25-27-41)58-50-34-32-48(61-50)56(38-16-6-2-7-17-38)46-30-28-44(59-46)55(37-14-4-1-5-15-37)45-29-31-47(60-45)57(39-18-8-3-9-19-39)49-33-35-51(58)62-49/h1-35,59,62H,36H2. The number of rotatable bonds is 7. The van der Waals surface area contributed by atoms with Crippen molar-refractivity contribution in [2.24, 2.45) is 0 Å². The normalized spacial score (nSPS) is 12.0. The lowest BCUT2D eigenvalue weighted by molar-refractivity contribution is -0.134. The molecule has 65 heavy (non-hydrogen) atoms. The number of aromatic amines is 2. The molecule has 10 aromatic rings. The number of hydrogen-bond acceptors (Lipinski definition) is 4. The number of esters is 1. The Morgan fingerprint density at radius 1 is 0.400 bits per heavy atom. The van der Waals surface area contributed by atoms with Crippen LogP contribution >= 0.6 is 0 Å². The number of H-pyrrole nitrogens is 2. The van der Waals surface area contributed by atoms with Gasteiger partial charge in [0.2, 0.25) is 0 Å². The van der Waals surface area contributed by atoms with Gasteiger partial charge >= 0.3 is 5.97 Å². The van der Waals surface area contributed by atoms with Crippen LogP contribution in [0.3, 0.4) is 0 Å². The number of aromatic nitrogens is 5. The fourth-order valence-corrected chi connectivity index (χ4v) is 9.39. The predicted octanol–water partition coefficient (Wildman–Crippen LogP) is 14.0. The maximum Gasteiger partial charge on any atom is 0.331 e. The molecule has 8 bridgehead atoms. The van der Waals surface area contributed by atoms with Gasteiger partial charge in [-0.1, -0.05) is 140 Å². The van der Waals surface area contributed by atoms with Crippen molar-refractivity contribution in [3.63, 3.8) is 0 Å². The van der Waals surface area contributed by atoms with Crippen LogP contribution in [0.15, 0.2) is 188 Å². The summed E-state index contributed by atoms with van der Waals surface area (Å²) in [6.07, 6.45) is 8.41. The monoisotopic (exact) mass is 837 g/mol. The van der Waals surface area contributed by atoms with Crippen molar-refractivity contribution in [2.45, 2.75) is 6.54 Å². The molecule has 7 heteroatoms. The molecule has 0 aliphatic carbocycles. The second kappa shape index (κ2) is 15.8. The Hall–Kier alpha value is -8.81. The third-order valence-corrected chi connectivity index (χ3v) is 12.3. The summed E-state index contributed by atoms with van der Waals surface area (Å²) in [5.74, 6) is 0.111. The van der Waals surface area contributed by atoms with E-state index in [9.17, 15) is 4.79 Å². The lowest BCUT2D eigenvalue weighted by Crippen LogP contribution is -2.16. The largest absolute Gasteiger partial charge is 0.425 e. The number of nitrogens with zero attached hydrogens (tertiary/aromatic N) is 3. The van der Waals surface area contributed by atoms with Crippen molar-refractivity contribution < 1.29 is 9.53 Å². The smallest absolute Gasteiger partial charge is 0.331 e. The first kappa shape index (κ1) is 37.9. The van der Waals surface area contributed by atoms with Crippen molar-refractivity contribution in [3.8, 4) is 50.3 Å². The molecule has 0 radical (unpaired) electrons.